The number of hydrogen-bond acceptors (Lipinski definition) is 26. The van der Waals surface area contributed by atoms with Crippen molar-refractivity contribution in [2.24, 2.45) is 52.3 Å². The van der Waals surface area contributed by atoms with Crippen molar-refractivity contribution in [3.05, 3.63) is 0 Å². The van der Waals surface area contributed by atoms with Crippen LogP contribution in [0.5, 0.6) is 0 Å². The van der Waals surface area contributed by atoms with Crippen molar-refractivity contribution in [3.8, 4) is 0 Å². The number of carboxylic acids is 1. The predicted octanol–water partition coefficient (Wildman–Crippen LogP) is -3.13. The highest BCUT2D eigenvalue weighted by molar-refractivity contribution is 5.74. The zero-order valence-electron chi connectivity index (χ0n) is 47.6. The van der Waals surface area contributed by atoms with Gasteiger partial charge in [-0.1, -0.05) is 27.7 Å². The van der Waals surface area contributed by atoms with Crippen LogP contribution in [0.1, 0.15) is 105 Å². The standard InChI is InChI=1S/C56H90O27/c1-22-8-11-56(74-20-22)23(2)37-30(83-56)13-27-25-7-6-24-12-29(28(60)14-55(24,5)26(25)9-10-54(27,37)4)76-50-45(71)42(68)46(33(19-59)79-50)80-52-48(82-51-44(70)41(67)38(64)31(17-57)77-51)47(40(66)32(18-58)78-52)81-49-43(69)39(65)34(21-73-49)75-36(63)16-53(3,72)15-35(61)62/h22-34,37-52,57-60,64-72H,6-21H2,1-5H3,(H,61,62). The molecule has 1 spiro atoms. The van der Waals surface area contributed by atoms with Gasteiger partial charge in [-0.2, -0.15) is 0 Å². The Hall–Kier alpha value is -1.98. The molecule has 0 aromatic heterocycles. The molecule has 0 aromatic carbocycles. The second-order valence-corrected chi connectivity index (χ2v) is 26.7. The first-order valence-electron chi connectivity index (χ1n) is 29.8. The lowest BCUT2D eigenvalue weighted by Crippen LogP contribution is -2.68. The van der Waals surface area contributed by atoms with Crippen LogP contribution >= 0.6 is 0 Å². The highest BCUT2D eigenvalue weighted by Gasteiger charge is 2.70. The zero-order valence-corrected chi connectivity index (χ0v) is 47.6. The Morgan fingerprint density at radius 3 is 1.90 bits per heavy atom. The fraction of sp³-hybridized carbons (Fsp3) is 0.964. The first-order chi connectivity index (χ1) is 39.2. The van der Waals surface area contributed by atoms with E-state index < -0.39 is 192 Å². The Bertz CT molecular complexity index is 2220. The van der Waals surface area contributed by atoms with Gasteiger partial charge in [0.1, 0.15) is 85.5 Å². The number of esters is 1. The van der Waals surface area contributed by atoms with Gasteiger partial charge >= 0.3 is 11.9 Å². The Labute approximate surface area is 480 Å². The number of aliphatic hydroxyl groups is 13. The fourth-order valence-electron chi connectivity index (χ4n) is 16.9. The van der Waals surface area contributed by atoms with E-state index in [-0.39, 0.29) is 28.8 Å². The number of hydrogen-bond donors (Lipinski definition) is 14. The Balaban J connectivity index is 0.819. The summed E-state index contributed by atoms with van der Waals surface area (Å²) in [6.07, 6.45) is -31.2. The molecule has 476 valence electrons. The van der Waals surface area contributed by atoms with E-state index in [0.29, 0.717) is 42.4 Å². The van der Waals surface area contributed by atoms with Crippen LogP contribution < -0.4 is 0 Å². The summed E-state index contributed by atoms with van der Waals surface area (Å²) in [4.78, 5) is 23.9. The summed E-state index contributed by atoms with van der Waals surface area (Å²) in [7, 11) is 0. The number of rotatable bonds is 16. The van der Waals surface area contributed by atoms with Gasteiger partial charge in [0.25, 0.3) is 0 Å². The van der Waals surface area contributed by atoms with Gasteiger partial charge in [-0.3, -0.25) is 9.59 Å². The number of aliphatic hydroxyl groups excluding tert-OH is 12. The molecule has 0 amide bonds. The summed E-state index contributed by atoms with van der Waals surface area (Å²) in [6.45, 7) is 7.66. The van der Waals surface area contributed by atoms with Crippen LogP contribution in [-0.4, -0.2) is 263 Å². The van der Waals surface area contributed by atoms with Gasteiger partial charge in [0.15, 0.2) is 37.1 Å². The van der Waals surface area contributed by atoms with Gasteiger partial charge in [0.05, 0.1) is 69.8 Å². The van der Waals surface area contributed by atoms with Crippen molar-refractivity contribution in [2.75, 3.05) is 33.0 Å². The minimum Gasteiger partial charge on any atom is -0.481 e. The molecule has 6 heterocycles. The number of carbonyl (C=O) groups is 2. The average molecular weight is 1200 g/mol. The van der Waals surface area contributed by atoms with Gasteiger partial charge in [-0.05, 0) is 105 Å². The summed E-state index contributed by atoms with van der Waals surface area (Å²) in [5, 5.41) is 153. The Morgan fingerprint density at radius 2 is 1.23 bits per heavy atom. The first kappa shape index (κ1) is 64.0. The second-order valence-electron chi connectivity index (χ2n) is 26.7. The summed E-state index contributed by atoms with van der Waals surface area (Å²) in [5.41, 5.74) is -2.17. The van der Waals surface area contributed by atoms with E-state index in [9.17, 15) is 76.0 Å². The molecule has 14 N–H and O–H groups in total. The molecule has 83 heavy (non-hydrogen) atoms. The van der Waals surface area contributed by atoms with Gasteiger partial charge in [0.2, 0.25) is 0 Å². The maximum Gasteiger partial charge on any atom is 0.309 e. The number of aliphatic carboxylic acids is 1. The van der Waals surface area contributed by atoms with Crippen molar-refractivity contribution < 1.29 is 133 Å². The van der Waals surface area contributed by atoms with Crippen LogP contribution in [0.15, 0.2) is 0 Å². The second kappa shape index (κ2) is 24.8. The third kappa shape index (κ3) is 11.9. The van der Waals surface area contributed by atoms with Crippen LogP contribution in [0.3, 0.4) is 0 Å². The van der Waals surface area contributed by atoms with Crippen molar-refractivity contribution in [3.63, 3.8) is 0 Å². The van der Waals surface area contributed by atoms with Crippen LogP contribution in [0, 0.1) is 52.3 Å². The highest BCUT2D eigenvalue weighted by atomic mass is 16.8. The number of carboxylic acid groups (broad SMARTS) is 1. The largest absolute Gasteiger partial charge is 0.481 e. The minimum absolute atomic E-state index is 0.104. The van der Waals surface area contributed by atoms with Crippen LogP contribution in [0.2, 0.25) is 0 Å². The van der Waals surface area contributed by atoms with E-state index in [1.165, 1.54) is 0 Å². The third-order valence-electron chi connectivity index (χ3n) is 21.4. The minimum atomic E-state index is -2.12. The topological polar surface area (TPSA) is 419 Å². The van der Waals surface area contributed by atoms with Gasteiger partial charge in [-0.25, -0.2) is 0 Å². The van der Waals surface area contributed by atoms with E-state index in [1.807, 2.05) is 0 Å². The molecule has 33 unspecified atom stereocenters. The third-order valence-corrected chi connectivity index (χ3v) is 21.4. The molecule has 4 saturated carbocycles. The molecule has 6 aliphatic heterocycles. The molecule has 27 nitrogen and oxygen atoms in total. The van der Waals surface area contributed by atoms with Gasteiger partial charge in [0, 0.05) is 12.3 Å². The van der Waals surface area contributed by atoms with Crippen molar-refractivity contribution in [1.82, 2.24) is 0 Å². The Morgan fingerprint density at radius 1 is 0.602 bits per heavy atom. The summed E-state index contributed by atoms with van der Waals surface area (Å²) in [6, 6.07) is 0. The van der Waals surface area contributed by atoms with Crippen LogP contribution in [-0.2, 0) is 61.7 Å². The van der Waals surface area contributed by atoms with Gasteiger partial charge in [-0.15, -0.1) is 0 Å². The number of carbonyl (C=O) groups excluding carboxylic acids is 1. The van der Waals surface area contributed by atoms with Crippen LogP contribution in [0.4, 0.5) is 0 Å². The molecule has 0 aromatic rings. The summed E-state index contributed by atoms with van der Waals surface area (Å²) >= 11 is 0. The van der Waals surface area contributed by atoms with Crippen LogP contribution in [0.25, 0.3) is 0 Å². The molecule has 10 aliphatic rings. The lowest BCUT2D eigenvalue weighted by atomic mass is 9.44. The smallest absolute Gasteiger partial charge is 0.309 e. The lowest BCUT2D eigenvalue weighted by Gasteiger charge is -2.62. The van der Waals surface area contributed by atoms with Gasteiger partial charge < -0.3 is 124 Å². The lowest BCUT2D eigenvalue weighted by molar-refractivity contribution is -0.404. The fourth-order valence-corrected chi connectivity index (χ4v) is 16.9. The average Bonchev–Trinajstić information content (AvgIpc) is 1.70. The molecule has 0 bridgehead atoms. The molecule has 4 aliphatic carbocycles. The van der Waals surface area contributed by atoms with E-state index >= 15 is 0 Å². The Kier molecular flexibility index (Phi) is 19.1. The zero-order chi connectivity index (χ0) is 60.0. The molecule has 10 fully saturated rings. The molecule has 27 heteroatoms. The first-order valence-corrected chi connectivity index (χ1v) is 29.8. The molecule has 10 rings (SSSR count). The number of fused-ring (bicyclic) bond motifs is 7. The molecular weight excluding hydrogens is 1100 g/mol. The molecule has 33 atom stereocenters. The van der Waals surface area contributed by atoms with E-state index in [0.717, 1.165) is 58.5 Å². The molecular formula is C56H90O27. The molecule has 0 radical (unpaired) electrons. The summed E-state index contributed by atoms with van der Waals surface area (Å²) in [5.74, 6) is -0.442. The van der Waals surface area contributed by atoms with E-state index in [1.54, 1.807) is 0 Å². The van der Waals surface area contributed by atoms with Crippen molar-refractivity contribution in [2.45, 2.75) is 252 Å². The highest BCUT2D eigenvalue weighted by Crippen LogP contribution is 2.71. The normalized spacial score (nSPS) is 53.3. The summed E-state index contributed by atoms with van der Waals surface area (Å²) < 4.78 is 66.8. The van der Waals surface area contributed by atoms with E-state index in [4.69, 9.17) is 57.2 Å². The quantitative estimate of drug-likeness (QED) is 0.0537. The number of ether oxygens (including phenoxy) is 11. The van der Waals surface area contributed by atoms with E-state index in [2.05, 4.69) is 27.7 Å². The maximum absolute atomic E-state index is 12.7. The van der Waals surface area contributed by atoms with Crippen molar-refractivity contribution in [1.29, 1.82) is 0 Å². The van der Waals surface area contributed by atoms with Crippen molar-refractivity contribution >= 4 is 11.9 Å². The monoisotopic (exact) mass is 1190 g/mol. The SMILES string of the molecule is CC1CCC2(OC1)OC1CC3C4CCC5CC(OC6OC(CO)C(OC7OC(CO)C(O)C(OC8OCC(OC(=O)CC(C)(O)CC(=O)O)C(O)C8O)C7OC7OC(CO)C(O)C(O)C7O)C(O)C6O)C(O)CC5(C)C4CCC3(C)C1C2C. The molecule has 6 saturated heterocycles. The predicted molar refractivity (Wildman–Crippen MR) is 275 cm³/mol. The maximum atomic E-state index is 12.7.